The molecule has 1 aromatic heterocycles. The smallest absolute Gasteiger partial charge is 0.333 e. The molecule has 4 heterocycles. The topological polar surface area (TPSA) is 24.9 Å². The van der Waals surface area contributed by atoms with Crippen molar-refractivity contribution < 1.29 is 9.47 Å². The molecule has 0 spiro atoms. The minimum atomic E-state index is -0.228. The number of benzene rings is 8. The third kappa shape index (κ3) is 6.05. The lowest BCUT2D eigenvalue weighted by molar-refractivity contribution is 0.332. The van der Waals surface area contributed by atoms with Crippen LogP contribution < -0.4 is 30.1 Å². The molecule has 0 bridgehead atoms. The van der Waals surface area contributed by atoms with Crippen LogP contribution in [0.1, 0.15) is 89.1 Å². The molecule has 8 aromatic carbocycles. The highest BCUT2D eigenvalue weighted by Crippen LogP contribution is 2.56. The van der Waals surface area contributed by atoms with E-state index in [2.05, 4.69) is 193 Å². The molecule has 68 heavy (non-hydrogen) atoms. The van der Waals surface area contributed by atoms with E-state index in [-0.39, 0.29) is 23.1 Å². The van der Waals surface area contributed by atoms with Crippen molar-refractivity contribution in [3.8, 4) is 45.3 Å². The lowest BCUT2D eigenvalue weighted by Crippen LogP contribution is -2.61. The Morgan fingerprint density at radius 2 is 1.22 bits per heavy atom. The van der Waals surface area contributed by atoms with Crippen LogP contribution in [0.15, 0.2) is 146 Å². The summed E-state index contributed by atoms with van der Waals surface area (Å²) in [4.78, 5) is 5.27. The van der Waals surface area contributed by atoms with Crippen LogP contribution >= 0.6 is 11.3 Å². The van der Waals surface area contributed by atoms with Crippen molar-refractivity contribution in [3.63, 3.8) is 0 Å². The highest BCUT2D eigenvalue weighted by atomic mass is 32.1. The van der Waals surface area contributed by atoms with E-state index in [0.29, 0.717) is 0 Å². The molecule has 0 saturated heterocycles. The number of anilines is 5. The second kappa shape index (κ2) is 14.4. The number of ether oxygens (including phenoxy) is 2. The molecule has 0 N–H and O–H groups in total. The molecule has 0 unspecified atom stereocenters. The van der Waals surface area contributed by atoms with Gasteiger partial charge in [-0.2, -0.15) is 0 Å². The normalized spacial score (nSPS) is 16.0. The van der Waals surface area contributed by atoms with Gasteiger partial charge in [-0.3, -0.25) is 0 Å². The molecule has 0 radical (unpaired) electrons. The predicted octanol–water partition coefficient (Wildman–Crippen LogP) is 16.6. The Bertz CT molecular complexity index is 3620. The van der Waals surface area contributed by atoms with E-state index in [4.69, 9.17) is 9.47 Å². The number of thiophene rings is 1. The van der Waals surface area contributed by atoms with Gasteiger partial charge in [0.15, 0.2) is 23.0 Å². The van der Waals surface area contributed by atoms with Crippen LogP contribution in [0, 0.1) is 13.8 Å². The van der Waals surface area contributed by atoms with Crippen LogP contribution in [0.5, 0.6) is 23.0 Å². The summed E-state index contributed by atoms with van der Waals surface area (Å²) in [5.41, 5.74) is 20.1. The predicted molar refractivity (Wildman–Crippen MR) is 289 cm³/mol. The van der Waals surface area contributed by atoms with Gasteiger partial charge < -0.3 is 19.2 Å². The van der Waals surface area contributed by atoms with Gasteiger partial charge in [-0.1, -0.05) is 133 Å². The van der Waals surface area contributed by atoms with E-state index in [1.165, 1.54) is 110 Å². The van der Waals surface area contributed by atoms with E-state index in [9.17, 15) is 0 Å². The first-order valence-corrected chi connectivity index (χ1v) is 25.1. The summed E-state index contributed by atoms with van der Waals surface area (Å²) in [7, 11) is 0. The molecule has 4 aliphatic rings. The summed E-state index contributed by atoms with van der Waals surface area (Å²) in [6.45, 7) is 21.1. The summed E-state index contributed by atoms with van der Waals surface area (Å²) < 4.78 is 16.3. The maximum atomic E-state index is 6.87. The lowest BCUT2D eigenvalue weighted by Gasteiger charge is -2.47. The van der Waals surface area contributed by atoms with Crippen LogP contribution in [0.4, 0.5) is 28.4 Å². The SMILES string of the molecule is Cc1cc2c3c(c1)N(c1cc4c(cc1C)C(C)(C)CCC4(C)C)c1cc4c(cc1B3N(c1ccc(C(C)(C)C)cc1-c1ccccc1)c1ccc3c(sc5ccccc53)c1-2)Oc1ccccc1O4. The molecule has 9 aromatic rings. The summed E-state index contributed by atoms with van der Waals surface area (Å²) >= 11 is 1.92. The van der Waals surface area contributed by atoms with E-state index in [1.54, 1.807) is 0 Å². The lowest BCUT2D eigenvalue weighted by atomic mass is 9.43. The highest BCUT2D eigenvalue weighted by molar-refractivity contribution is 7.26. The molecule has 6 heteroatoms. The highest BCUT2D eigenvalue weighted by Gasteiger charge is 2.48. The van der Waals surface area contributed by atoms with E-state index < -0.39 is 0 Å². The van der Waals surface area contributed by atoms with Gasteiger partial charge in [-0.25, -0.2) is 0 Å². The Morgan fingerprint density at radius 1 is 0.559 bits per heavy atom. The Kier molecular flexibility index (Phi) is 8.76. The van der Waals surface area contributed by atoms with Crippen LogP contribution in [0.25, 0.3) is 42.4 Å². The molecule has 0 amide bonds. The molecule has 13 rings (SSSR count). The summed E-state index contributed by atoms with van der Waals surface area (Å²) in [5, 5.41) is 2.60. The molecular weight excluding hydrogens is 848 g/mol. The van der Waals surface area contributed by atoms with Gasteiger partial charge >= 0.3 is 6.85 Å². The summed E-state index contributed by atoms with van der Waals surface area (Å²) in [6.07, 6.45) is 2.31. The van der Waals surface area contributed by atoms with Crippen LogP contribution in [-0.2, 0) is 16.2 Å². The Morgan fingerprint density at radius 3 is 1.96 bits per heavy atom. The first-order chi connectivity index (χ1) is 32.6. The van der Waals surface area contributed by atoms with Gasteiger partial charge in [0.25, 0.3) is 0 Å². The first kappa shape index (κ1) is 41.4. The maximum absolute atomic E-state index is 6.87. The van der Waals surface area contributed by atoms with Gasteiger partial charge in [0.2, 0.25) is 0 Å². The average Bonchev–Trinajstić information content (AvgIpc) is 3.71. The Balaban J connectivity index is 1.17. The maximum Gasteiger partial charge on any atom is 0.333 e. The van der Waals surface area contributed by atoms with E-state index in [1.807, 2.05) is 35.6 Å². The zero-order valence-electron chi connectivity index (χ0n) is 40.5. The average molecular weight is 903 g/mol. The summed E-state index contributed by atoms with van der Waals surface area (Å²) in [6, 6.07) is 54.5. The zero-order chi connectivity index (χ0) is 46.6. The number of nitrogens with zero attached hydrogens (tertiary/aromatic N) is 2. The fourth-order valence-corrected chi connectivity index (χ4v) is 13.2. The van der Waals surface area contributed by atoms with Crippen LogP contribution in [0.3, 0.4) is 0 Å². The monoisotopic (exact) mass is 902 g/mol. The molecule has 3 aliphatic heterocycles. The second-order valence-electron chi connectivity index (χ2n) is 22.1. The van der Waals surface area contributed by atoms with Crippen molar-refractivity contribution in [2.45, 2.75) is 91.4 Å². The number of para-hydroxylation sites is 2. The van der Waals surface area contributed by atoms with Gasteiger partial charge in [0.1, 0.15) is 0 Å². The number of hydrogen-bond donors (Lipinski definition) is 0. The van der Waals surface area contributed by atoms with Crippen molar-refractivity contribution in [1.82, 2.24) is 0 Å². The van der Waals surface area contributed by atoms with Gasteiger partial charge in [0, 0.05) is 65.8 Å². The van der Waals surface area contributed by atoms with Crippen molar-refractivity contribution in [2.75, 3.05) is 9.71 Å². The number of hydrogen-bond acceptors (Lipinski definition) is 5. The zero-order valence-corrected chi connectivity index (χ0v) is 41.3. The summed E-state index contributed by atoms with van der Waals surface area (Å²) in [5.74, 6) is 2.89. The third-order valence-electron chi connectivity index (χ3n) is 15.7. The van der Waals surface area contributed by atoms with Crippen molar-refractivity contribution in [3.05, 3.63) is 173 Å². The standard InChI is InChI=1S/C62H55BN2O2S/c1-36-29-43-57-48(26-24-41-40-19-13-16-22-56(40)68-59(41)57)65(47-25-23-39(60(3,4)5)32-42(47)38-17-11-10-12-18-38)63-46-34-54-55(67-53-21-15-14-20-52(53)66-54)35-50(46)64(51(30-36)58(43)63)49-33-45-44(31-37(49)2)61(6,7)27-28-62(45,8)9/h10-26,29-35H,27-28H2,1-9H3. The number of aryl methyl sites for hydroxylation is 2. The molecule has 0 saturated carbocycles. The Hall–Kier alpha value is -6.76. The first-order valence-electron chi connectivity index (χ1n) is 24.3. The minimum absolute atomic E-state index is 0.0204. The van der Waals surface area contributed by atoms with E-state index >= 15 is 0 Å². The second-order valence-corrected chi connectivity index (χ2v) is 23.1. The molecule has 4 nitrogen and oxygen atoms in total. The van der Waals surface area contributed by atoms with Crippen molar-refractivity contribution >= 4 is 77.7 Å². The quantitative estimate of drug-likeness (QED) is 0.165. The fraction of sp³-hybridized carbons (Fsp3) is 0.226. The van der Waals surface area contributed by atoms with Crippen LogP contribution in [-0.4, -0.2) is 6.85 Å². The van der Waals surface area contributed by atoms with Crippen molar-refractivity contribution in [1.29, 1.82) is 0 Å². The van der Waals surface area contributed by atoms with E-state index in [0.717, 1.165) is 35.1 Å². The molecule has 1 aliphatic carbocycles. The largest absolute Gasteiger partial charge is 0.450 e. The molecular formula is C62H55BN2O2S. The van der Waals surface area contributed by atoms with Gasteiger partial charge in [-0.15, -0.1) is 11.3 Å². The molecule has 334 valence electrons. The fourth-order valence-electron chi connectivity index (χ4n) is 11.9. The molecule has 0 atom stereocenters. The number of rotatable bonds is 3. The Labute approximate surface area is 404 Å². The molecule has 0 fully saturated rings. The number of fused-ring (bicyclic) bond motifs is 11. The van der Waals surface area contributed by atoms with Crippen LogP contribution in [0.2, 0.25) is 0 Å². The van der Waals surface area contributed by atoms with Gasteiger partial charge in [-0.05, 0) is 147 Å². The minimum Gasteiger partial charge on any atom is -0.450 e. The van der Waals surface area contributed by atoms with Gasteiger partial charge in [0.05, 0.1) is 0 Å². The van der Waals surface area contributed by atoms with Crippen molar-refractivity contribution in [2.24, 2.45) is 0 Å². The third-order valence-corrected chi connectivity index (χ3v) is 16.9.